The van der Waals surface area contributed by atoms with Crippen LogP contribution in [-0.2, 0) is 4.79 Å². The van der Waals surface area contributed by atoms with Crippen LogP contribution in [0, 0.1) is 17.0 Å². The molecule has 0 fully saturated rings. The number of carbonyl (C=O) groups is 2. The number of carbonyl (C=O) groups excluding carboxylic acids is 2. The molecular formula is C25H24N4O6. The second-order valence-electron chi connectivity index (χ2n) is 7.29. The summed E-state index contributed by atoms with van der Waals surface area (Å²) in [6.07, 6.45) is 1.44. The van der Waals surface area contributed by atoms with Gasteiger partial charge in [0, 0.05) is 17.8 Å². The smallest absolute Gasteiger partial charge is 0.343 e. The van der Waals surface area contributed by atoms with Gasteiger partial charge < -0.3 is 14.8 Å². The zero-order valence-electron chi connectivity index (χ0n) is 19.2. The minimum absolute atomic E-state index is 0.0594. The first-order valence-electron chi connectivity index (χ1n) is 10.7. The van der Waals surface area contributed by atoms with Gasteiger partial charge in [-0.05, 0) is 61.4 Å². The van der Waals surface area contributed by atoms with Gasteiger partial charge in [0.05, 0.1) is 29.9 Å². The molecule has 0 bridgehead atoms. The Morgan fingerprint density at radius 2 is 1.80 bits per heavy atom. The Hall–Kier alpha value is -4.73. The normalized spacial score (nSPS) is 10.6. The Kier molecular flexibility index (Phi) is 8.49. The number of hydrazone groups is 1. The number of hydrogen-bond donors (Lipinski definition) is 2. The van der Waals surface area contributed by atoms with Crippen molar-refractivity contribution in [3.05, 3.63) is 93.5 Å². The quantitative estimate of drug-likeness (QED) is 0.148. The lowest BCUT2D eigenvalue weighted by atomic mass is 10.2. The first kappa shape index (κ1) is 24.9. The molecular weight excluding hydrogens is 452 g/mol. The van der Waals surface area contributed by atoms with Crippen molar-refractivity contribution in [2.24, 2.45) is 5.10 Å². The Morgan fingerprint density at radius 3 is 2.49 bits per heavy atom. The summed E-state index contributed by atoms with van der Waals surface area (Å²) in [4.78, 5) is 34.7. The van der Waals surface area contributed by atoms with Crippen LogP contribution in [0.2, 0.25) is 0 Å². The lowest BCUT2D eigenvalue weighted by Gasteiger charge is -2.11. The van der Waals surface area contributed by atoms with Crippen molar-refractivity contribution >= 4 is 29.5 Å². The molecule has 10 heteroatoms. The third-order valence-corrected chi connectivity index (χ3v) is 4.77. The highest BCUT2D eigenvalue weighted by molar-refractivity contribution is 5.92. The average Bonchev–Trinajstić information content (AvgIpc) is 2.85. The van der Waals surface area contributed by atoms with Gasteiger partial charge >= 0.3 is 5.97 Å². The van der Waals surface area contributed by atoms with Gasteiger partial charge in [-0.2, -0.15) is 5.10 Å². The van der Waals surface area contributed by atoms with Crippen LogP contribution in [0.5, 0.6) is 11.5 Å². The number of para-hydroxylation sites is 1. The Labute approximate surface area is 201 Å². The van der Waals surface area contributed by atoms with Crippen LogP contribution in [0.25, 0.3) is 0 Å². The third kappa shape index (κ3) is 7.13. The fourth-order valence-electron chi connectivity index (χ4n) is 3.00. The molecule has 0 heterocycles. The highest BCUT2D eigenvalue weighted by atomic mass is 16.6. The highest BCUT2D eigenvalue weighted by Gasteiger charge is 2.15. The van der Waals surface area contributed by atoms with Crippen molar-refractivity contribution in [2.75, 3.05) is 18.5 Å². The van der Waals surface area contributed by atoms with E-state index in [0.717, 1.165) is 11.3 Å². The molecule has 0 aliphatic carbocycles. The Bertz CT molecular complexity index is 1240. The molecule has 35 heavy (non-hydrogen) atoms. The van der Waals surface area contributed by atoms with Gasteiger partial charge in [0.25, 0.3) is 11.6 Å². The van der Waals surface area contributed by atoms with Crippen molar-refractivity contribution in [2.45, 2.75) is 13.8 Å². The van der Waals surface area contributed by atoms with Gasteiger partial charge in [-0.1, -0.05) is 18.2 Å². The number of ether oxygens (including phenoxy) is 2. The third-order valence-electron chi connectivity index (χ3n) is 4.77. The summed E-state index contributed by atoms with van der Waals surface area (Å²) in [5.41, 5.74) is 4.98. The standard InChI is InChI=1S/C25H24N4O6/c1-3-34-23-14-18(15-27-28-24(30)16-26-21-7-5-4-6-17(21)2)8-13-22(23)35-25(31)19-9-11-20(12-10-19)29(32)33/h4-15,26H,3,16H2,1-2H3,(H,28,30)/b27-15-. The predicted octanol–water partition coefficient (Wildman–Crippen LogP) is 4.08. The fraction of sp³-hybridized carbons (Fsp3) is 0.160. The van der Waals surface area contributed by atoms with E-state index < -0.39 is 10.9 Å². The van der Waals surface area contributed by atoms with Gasteiger partial charge in [0.15, 0.2) is 11.5 Å². The minimum atomic E-state index is -0.685. The summed E-state index contributed by atoms with van der Waals surface area (Å²) in [5, 5.41) is 17.8. The number of rotatable bonds is 10. The number of hydrogen-bond acceptors (Lipinski definition) is 8. The second kappa shape index (κ2) is 11.9. The average molecular weight is 476 g/mol. The molecule has 0 saturated carbocycles. The largest absolute Gasteiger partial charge is 0.490 e. The molecule has 0 aromatic heterocycles. The predicted molar refractivity (Wildman–Crippen MR) is 131 cm³/mol. The first-order valence-corrected chi connectivity index (χ1v) is 10.7. The van der Waals surface area contributed by atoms with E-state index in [4.69, 9.17) is 9.47 Å². The number of nitro benzene ring substituents is 1. The number of nitrogens with one attached hydrogen (secondary N) is 2. The molecule has 180 valence electrons. The Morgan fingerprint density at radius 1 is 1.06 bits per heavy atom. The number of non-ortho nitro benzene ring substituents is 1. The van der Waals surface area contributed by atoms with Crippen LogP contribution in [0.4, 0.5) is 11.4 Å². The SMILES string of the molecule is CCOc1cc(/C=N\NC(=O)CNc2ccccc2C)ccc1OC(=O)c1ccc([N+](=O)[O-])cc1. The molecule has 0 unspecified atom stereocenters. The van der Waals surface area contributed by atoms with E-state index in [2.05, 4.69) is 15.8 Å². The number of benzene rings is 3. The molecule has 3 rings (SSSR count). The van der Waals surface area contributed by atoms with E-state index in [1.165, 1.54) is 36.5 Å². The molecule has 3 aromatic rings. The number of nitrogens with zero attached hydrogens (tertiary/aromatic N) is 2. The summed E-state index contributed by atoms with van der Waals surface area (Å²) < 4.78 is 11.0. The van der Waals surface area contributed by atoms with Crippen molar-refractivity contribution in [1.29, 1.82) is 0 Å². The van der Waals surface area contributed by atoms with Crippen LogP contribution >= 0.6 is 0 Å². The van der Waals surface area contributed by atoms with Gasteiger partial charge in [0.2, 0.25) is 0 Å². The molecule has 0 aliphatic heterocycles. The van der Waals surface area contributed by atoms with Gasteiger partial charge in [0.1, 0.15) is 0 Å². The summed E-state index contributed by atoms with van der Waals surface area (Å²) in [7, 11) is 0. The van der Waals surface area contributed by atoms with E-state index in [0.29, 0.717) is 17.9 Å². The maximum Gasteiger partial charge on any atom is 0.343 e. The van der Waals surface area contributed by atoms with Crippen LogP contribution < -0.4 is 20.2 Å². The Balaban J connectivity index is 1.61. The number of anilines is 1. The minimum Gasteiger partial charge on any atom is -0.490 e. The molecule has 1 amide bonds. The number of nitro groups is 1. The summed E-state index contributed by atoms with van der Waals surface area (Å²) in [6, 6.07) is 17.5. The molecule has 2 N–H and O–H groups in total. The maximum atomic E-state index is 12.4. The summed E-state index contributed by atoms with van der Waals surface area (Å²) in [5.74, 6) is -0.517. The second-order valence-corrected chi connectivity index (χ2v) is 7.29. The van der Waals surface area contributed by atoms with E-state index in [1.807, 2.05) is 31.2 Å². The molecule has 0 atom stereocenters. The van der Waals surface area contributed by atoms with Gasteiger partial charge in [-0.15, -0.1) is 0 Å². The topological polar surface area (TPSA) is 132 Å². The first-order chi connectivity index (χ1) is 16.9. The monoisotopic (exact) mass is 476 g/mol. The van der Waals surface area contributed by atoms with Crippen molar-refractivity contribution in [1.82, 2.24) is 5.43 Å². The lowest BCUT2D eigenvalue weighted by Crippen LogP contribution is -2.26. The van der Waals surface area contributed by atoms with Crippen LogP contribution in [0.1, 0.15) is 28.4 Å². The summed E-state index contributed by atoms with van der Waals surface area (Å²) >= 11 is 0. The zero-order valence-corrected chi connectivity index (χ0v) is 19.2. The number of esters is 1. The van der Waals surface area contributed by atoms with E-state index in [9.17, 15) is 19.7 Å². The fourth-order valence-corrected chi connectivity index (χ4v) is 3.00. The molecule has 0 spiro atoms. The maximum absolute atomic E-state index is 12.4. The molecule has 10 nitrogen and oxygen atoms in total. The van der Waals surface area contributed by atoms with E-state index >= 15 is 0 Å². The molecule has 0 saturated heterocycles. The highest BCUT2D eigenvalue weighted by Crippen LogP contribution is 2.29. The molecule has 0 radical (unpaired) electrons. The van der Waals surface area contributed by atoms with Gasteiger partial charge in [-0.25, -0.2) is 10.2 Å². The van der Waals surface area contributed by atoms with Crippen molar-refractivity contribution in [3.63, 3.8) is 0 Å². The van der Waals surface area contributed by atoms with Crippen molar-refractivity contribution < 1.29 is 24.0 Å². The van der Waals surface area contributed by atoms with Crippen LogP contribution in [0.15, 0.2) is 71.8 Å². The zero-order chi connectivity index (χ0) is 25.2. The van der Waals surface area contributed by atoms with E-state index in [1.54, 1.807) is 19.1 Å². The van der Waals surface area contributed by atoms with Crippen molar-refractivity contribution in [3.8, 4) is 11.5 Å². The van der Waals surface area contributed by atoms with Crippen LogP contribution in [-0.4, -0.2) is 36.2 Å². The summed E-state index contributed by atoms with van der Waals surface area (Å²) in [6.45, 7) is 4.11. The molecule has 3 aromatic carbocycles. The van der Waals surface area contributed by atoms with Gasteiger partial charge in [-0.3, -0.25) is 14.9 Å². The van der Waals surface area contributed by atoms with E-state index in [-0.39, 0.29) is 29.5 Å². The van der Waals surface area contributed by atoms with Crippen LogP contribution in [0.3, 0.4) is 0 Å². The number of amides is 1. The lowest BCUT2D eigenvalue weighted by molar-refractivity contribution is -0.384. The number of aryl methyl sites for hydroxylation is 1. The molecule has 0 aliphatic rings.